The minimum absolute atomic E-state index is 0.0633. The Bertz CT molecular complexity index is 818. The van der Waals surface area contributed by atoms with E-state index >= 15 is 0 Å². The first-order chi connectivity index (χ1) is 11.6. The number of carbonyl (C=O) groups is 1. The third kappa shape index (κ3) is 3.75. The van der Waals surface area contributed by atoms with Crippen molar-refractivity contribution in [3.63, 3.8) is 0 Å². The zero-order valence-electron chi connectivity index (χ0n) is 12.4. The Kier molecular flexibility index (Phi) is 4.51. The highest BCUT2D eigenvalue weighted by atomic mass is 19.3. The molecule has 0 spiro atoms. The highest BCUT2D eigenvalue weighted by molar-refractivity contribution is 6.04. The monoisotopic (exact) mass is 329 g/mol. The number of nitrogens with one attached hydrogen (secondary N) is 1. The molecule has 3 aromatic rings. The van der Waals surface area contributed by atoms with Crippen LogP contribution < -0.4 is 10.1 Å². The van der Waals surface area contributed by atoms with Gasteiger partial charge in [0.1, 0.15) is 5.75 Å². The van der Waals surface area contributed by atoms with Crippen LogP contribution in [0, 0.1) is 0 Å². The van der Waals surface area contributed by atoms with Gasteiger partial charge in [-0.3, -0.25) is 4.79 Å². The zero-order chi connectivity index (χ0) is 16.9. The first-order valence-electron chi connectivity index (χ1n) is 7.08. The molecule has 0 aliphatic carbocycles. The van der Waals surface area contributed by atoms with Crippen molar-refractivity contribution in [2.24, 2.45) is 0 Å². The minimum atomic E-state index is -2.93. The molecule has 24 heavy (non-hydrogen) atoms. The average molecular weight is 329 g/mol. The van der Waals surface area contributed by atoms with Gasteiger partial charge in [-0.2, -0.15) is 13.9 Å². The fourth-order valence-electron chi connectivity index (χ4n) is 2.14. The van der Waals surface area contributed by atoms with Gasteiger partial charge in [0.25, 0.3) is 5.91 Å². The zero-order valence-corrected chi connectivity index (χ0v) is 12.4. The lowest BCUT2D eigenvalue weighted by Gasteiger charge is -2.09. The molecule has 1 N–H and O–H groups in total. The SMILES string of the molecule is O=C(Nc1ccc(-n2cccn2)cc1)c1cccc(OC(F)F)c1. The summed E-state index contributed by atoms with van der Waals surface area (Å²) in [6.07, 6.45) is 3.48. The fourth-order valence-corrected chi connectivity index (χ4v) is 2.14. The molecule has 0 bridgehead atoms. The van der Waals surface area contributed by atoms with Crippen LogP contribution in [-0.2, 0) is 0 Å². The standard InChI is InChI=1S/C17H13F2N3O2/c18-17(19)24-15-4-1-3-12(11-15)16(23)21-13-5-7-14(8-6-13)22-10-2-9-20-22/h1-11,17H,(H,21,23). The number of anilines is 1. The number of halogens is 2. The number of amides is 1. The summed E-state index contributed by atoms with van der Waals surface area (Å²) >= 11 is 0. The van der Waals surface area contributed by atoms with E-state index in [1.54, 1.807) is 35.1 Å². The molecule has 0 saturated carbocycles. The number of alkyl halides is 2. The molecule has 0 radical (unpaired) electrons. The molecule has 122 valence electrons. The Morgan fingerprint density at radius 3 is 2.58 bits per heavy atom. The summed E-state index contributed by atoms with van der Waals surface area (Å²) in [5, 5.41) is 6.81. The number of nitrogens with zero attached hydrogens (tertiary/aromatic N) is 2. The number of hydrogen-bond acceptors (Lipinski definition) is 3. The highest BCUT2D eigenvalue weighted by Crippen LogP contribution is 2.18. The summed E-state index contributed by atoms with van der Waals surface area (Å²) in [4.78, 5) is 12.2. The summed E-state index contributed by atoms with van der Waals surface area (Å²) in [6.45, 7) is -2.93. The first-order valence-corrected chi connectivity index (χ1v) is 7.08. The van der Waals surface area contributed by atoms with Gasteiger partial charge in [-0.1, -0.05) is 6.07 Å². The van der Waals surface area contributed by atoms with E-state index in [-0.39, 0.29) is 11.3 Å². The normalized spacial score (nSPS) is 10.6. The van der Waals surface area contributed by atoms with Gasteiger partial charge in [-0.05, 0) is 48.5 Å². The molecule has 3 rings (SSSR count). The maximum atomic E-state index is 12.2. The van der Waals surface area contributed by atoms with Crippen LogP contribution in [0.25, 0.3) is 5.69 Å². The lowest BCUT2D eigenvalue weighted by molar-refractivity contribution is -0.0498. The Morgan fingerprint density at radius 1 is 1.12 bits per heavy atom. The van der Waals surface area contributed by atoms with Gasteiger partial charge in [-0.25, -0.2) is 4.68 Å². The van der Waals surface area contributed by atoms with Gasteiger partial charge in [-0.15, -0.1) is 0 Å². The maximum Gasteiger partial charge on any atom is 0.387 e. The summed E-state index contributed by atoms with van der Waals surface area (Å²) < 4.78 is 30.4. The van der Waals surface area contributed by atoms with Crippen molar-refractivity contribution in [3.8, 4) is 11.4 Å². The quantitative estimate of drug-likeness (QED) is 0.776. The molecule has 2 aromatic carbocycles. The van der Waals surface area contributed by atoms with Gasteiger partial charge in [0.15, 0.2) is 0 Å². The predicted molar refractivity (Wildman–Crippen MR) is 84.6 cm³/mol. The summed E-state index contributed by atoms with van der Waals surface area (Å²) in [5.74, 6) is -0.478. The fraction of sp³-hybridized carbons (Fsp3) is 0.0588. The average Bonchev–Trinajstić information content (AvgIpc) is 3.09. The Morgan fingerprint density at radius 2 is 1.92 bits per heavy atom. The van der Waals surface area contributed by atoms with E-state index in [4.69, 9.17) is 0 Å². The second-order valence-corrected chi connectivity index (χ2v) is 4.86. The van der Waals surface area contributed by atoms with Crippen LogP contribution in [0.5, 0.6) is 5.75 Å². The van der Waals surface area contributed by atoms with E-state index < -0.39 is 12.5 Å². The van der Waals surface area contributed by atoms with Crippen molar-refractivity contribution in [3.05, 3.63) is 72.6 Å². The van der Waals surface area contributed by atoms with Gasteiger partial charge < -0.3 is 10.1 Å². The molecular weight excluding hydrogens is 316 g/mol. The van der Waals surface area contributed by atoms with Crippen molar-refractivity contribution < 1.29 is 18.3 Å². The molecule has 5 nitrogen and oxygen atoms in total. The van der Waals surface area contributed by atoms with E-state index in [1.165, 1.54) is 24.3 Å². The summed E-state index contributed by atoms with van der Waals surface area (Å²) in [7, 11) is 0. The van der Waals surface area contributed by atoms with Crippen molar-refractivity contribution in [2.75, 3.05) is 5.32 Å². The van der Waals surface area contributed by atoms with E-state index in [2.05, 4.69) is 15.2 Å². The smallest absolute Gasteiger partial charge is 0.387 e. The van der Waals surface area contributed by atoms with Crippen LogP contribution in [-0.4, -0.2) is 22.3 Å². The highest BCUT2D eigenvalue weighted by Gasteiger charge is 2.10. The molecule has 0 atom stereocenters. The Hall–Kier alpha value is -3.22. The van der Waals surface area contributed by atoms with Crippen molar-refractivity contribution in [1.29, 1.82) is 0 Å². The van der Waals surface area contributed by atoms with E-state index in [1.807, 2.05) is 12.3 Å². The largest absolute Gasteiger partial charge is 0.435 e. The van der Waals surface area contributed by atoms with E-state index in [0.717, 1.165) is 5.69 Å². The maximum absolute atomic E-state index is 12.2. The minimum Gasteiger partial charge on any atom is -0.435 e. The third-order valence-corrected chi connectivity index (χ3v) is 3.22. The predicted octanol–water partition coefficient (Wildman–Crippen LogP) is 3.73. The third-order valence-electron chi connectivity index (χ3n) is 3.22. The number of ether oxygens (including phenoxy) is 1. The Labute approximate surface area is 136 Å². The molecule has 1 amide bonds. The summed E-state index contributed by atoms with van der Waals surface area (Å²) in [6, 6.07) is 14.5. The van der Waals surface area contributed by atoms with Crippen LogP contribution in [0.1, 0.15) is 10.4 Å². The number of rotatable bonds is 5. The van der Waals surface area contributed by atoms with Crippen LogP contribution in [0.2, 0.25) is 0 Å². The molecule has 0 aliphatic rings. The van der Waals surface area contributed by atoms with E-state index in [9.17, 15) is 13.6 Å². The van der Waals surface area contributed by atoms with Crippen molar-refractivity contribution in [2.45, 2.75) is 6.61 Å². The number of carbonyl (C=O) groups excluding carboxylic acids is 1. The molecular formula is C17H13F2N3O2. The lowest BCUT2D eigenvalue weighted by atomic mass is 10.2. The Balaban J connectivity index is 1.70. The molecule has 7 heteroatoms. The van der Waals surface area contributed by atoms with Gasteiger partial charge >= 0.3 is 6.61 Å². The molecule has 0 saturated heterocycles. The van der Waals surface area contributed by atoms with Crippen LogP contribution >= 0.6 is 0 Å². The second-order valence-electron chi connectivity index (χ2n) is 4.86. The molecule has 0 aliphatic heterocycles. The number of benzene rings is 2. The van der Waals surface area contributed by atoms with Gasteiger partial charge in [0.2, 0.25) is 0 Å². The lowest BCUT2D eigenvalue weighted by Crippen LogP contribution is -2.12. The van der Waals surface area contributed by atoms with Gasteiger partial charge in [0, 0.05) is 23.6 Å². The van der Waals surface area contributed by atoms with Crippen molar-refractivity contribution in [1.82, 2.24) is 9.78 Å². The molecule has 1 aromatic heterocycles. The first kappa shape index (κ1) is 15.7. The van der Waals surface area contributed by atoms with Gasteiger partial charge in [0.05, 0.1) is 5.69 Å². The number of aromatic nitrogens is 2. The van der Waals surface area contributed by atoms with Crippen molar-refractivity contribution >= 4 is 11.6 Å². The molecule has 0 unspecified atom stereocenters. The topological polar surface area (TPSA) is 56.2 Å². The van der Waals surface area contributed by atoms with Crippen LogP contribution in [0.4, 0.5) is 14.5 Å². The van der Waals surface area contributed by atoms with E-state index in [0.29, 0.717) is 5.69 Å². The van der Waals surface area contributed by atoms with Crippen LogP contribution in [0.15, 0.2) is 67.0 Å². The number of hydrogen-bond donors (Lipinski definition) is 1. The summed E-state index contributed by atoms with van der Waals surface area (Å²) in [5.41, 5.74) is 1.66. The molecule has 0 fully saturated rings. The second kappa shape index (κ2) is 6.91. The van der Waals surface area contributed by atoms with Crippen LogP contribution in [0.3, 0.4) is 0 Å². The molecule has 1 heterocycles.